The van der Waals surface area contributed by atoms with Gasteiger partial charge in [0.25, 0.3) is 0 Å². The molecular formula is C23H30N4O3. The first-order valence-electron chi connectivity index (χ1n) is 10.3. The lowest BCUT2D eigenvalue weighted by atomic mass is 10.1. The second-order valence-electron chi connectivity index (χ2n) is 7.55. The van der Waals surface area contributed by atoms with E-state index >= 15 is 0 Å². The predicted molar refractivity (Wildman–Crippen MR) is 122 cm³/mol. The normalized spacial score (nSPS) is 14.6. The molecule has 0 saturated carbocycles. The first-order valence-corrected chi connectivity index (χ1v) is 10.3. The Bertz CT molecular complexity index is 877. The number of piperidine rings is 1. The second kappa shape index (κ2) is 10.0. The fourth-order valence-electron chi connectivity index (χ4n) is 3.56. The lowest BCUT2D eigenvalue weighted by Gasteiger charge is -2.29. The average Bonchev–Trinajstić information content (AvgIpc) is 2.74. The molecule has 160 valence electrons. The van der Waals surface area contributed by atoms with Crippen LogP contribution in [-0.2, 0) is 9.59 Å². The summed E-state index contributed by atoms with van der Waals surface area (Å²) in [5, 5.41) is 8.81. The van der Waals surface area contributed by atoms with Crippen LogP contribution in [-0.4, -0.2) is 38.1 Å². The summed E-state index contributed by atoms with van der Waals surface area (Å²) in [5.74, 6) is 0.143. The van der Waals surface area contributed by atoms with Gasteiger partial charge < -0.3 is 25.6 Å². The van der Waals surface area contributed by atoms with Crippen molar-refractivity contribution in [3.8, 4) is 5.75 Å². The maximum atomic E-state index is 12.7. The van der Waals surface area contributed by atoms with Crippen LogP contribution in [0.4, 0.5) is 22.7 Å². The molecule has 1 fully saturated rings. The Labute approximate surface area is 177 Å². The van der Waals surface area contributed by atoms with Crippen molar-refractivity contribution in [2.24, 2.45) is 0 Å². The molecule has 0 bridgehead atoms. The Hall–Kier alpha value is -3.22. The Balaban J connectivity index is 1.62. The first-order chi connectivity index (χ1) is 14.5. The number of anilines is 4. The lowest BCUT2D eigenvalue weighted by Crippen LogP contribution is -2.32. The Kier molecular flexibility index (Phi) is 7.17. The Morgan fingerprint density at radius 3 is 2.27 bits per heavy atom. The minimum Gasteiger partial charge on any atom is -0.495 e. The van der Waals surface area contributed by atoms with Crippen LogP contribution in [0.3, 0.4) is 0 Å². The highest BCUT2D eigenvalue weighted by Crippen LogP contribution is 2.28. The first kappa shape index (κ1) is 21.5. The van der Waals surface area contributed by atoms with Crippen molar-refractivity contribution in [1.82, 2.24) is 0 Å². The van der Waals surface area contributed by atoms with Gasteiger partial charge in [0.2, 0.25) is 11.8 Å². The summed E-state index contributed by atoms with van der Waals surface area (Å²) < 4.78 is 5.32. The highest BCUT2D eigenvalue weighted by atomic mass is 16.5. The summed E-state index contributed by atoms with van der Waals surface area (Å²) in [6, 6.07) is 12.9. The molecule has 2 aromatic carbocycles. The standard InChI is InChI=1S/C23H30N4O3/c1-16(24-18-7-10-20(11-8-18)27-13-5-4-6-14-27)23(29)26-21-15-19(25-17(2)28)9-12-22(21)30-3/h7-12,15-16,24H,4-6,13-14H2,1-3H3,(H,25,28)(H,26,29). The summed E-state index contributed by atoms with van der Waals surface area (Å²) in [7, 11) is 1.54. The van der Waals surface area contributed by atoms with Crippen molar-refractivity contribution in [3.63, 3.8) is 0 Å². The topological polar surface area (TPSA) is 82.7 Å². The van der Waals surface area contributed by atoms with Crippen molar-refractivity contribution in [2.45, 2.75) is 39.2 Å². The molecule has 1 atom stereocenters. The number of amides is 2. The second-order valence-corrected chi connectivity index (χ2v) is 7.55. The molecule has 2 amide bonds. The zero-order valence-corrected chi connectivity index (χ0v) is 17.8. The van der Waals surface area contributed by atoms with Crippen molar-refractivity contribution < 1.29 is 14.3 Å². The van der Waals surface area contributed by atoms with Gasteiger partial charge in [-0.3, -0.25) is 9.59 Å². The van der Waals surface area contributed by atoms with Gasteiger partial charge in [-0.05, 0) is 68.7 Å². The minimum absolute atomic E-state index is 0.180. The number of rotatable bonds is 7. The van der Waals surface area contributed by atoms with E-state index in [1.165, 1.54) is 39.0 Å². The summed E-state index contributed by atoms with van der Waals surface area (Å²) in [5.41, 5.74) is 3.20. The molecule has 3 rings (SSSR count). The molecule has 1 unspecified atom stereocenters. The third-order valence-electron chi connectivity index (χ3n) is 5.14. The summed E-state index contributed by atoms with van der Waals surface area (Å²) in [4.78, 5) is 26.4. The lowest BCUT2D eigenvalue weighted by molar-refractivity contribution is -0.116. The van der Waals surface area contributed by atoms with Gasteiger partial charge in [0.05, 0.1) is 12.8 Å². The number of benzene rings is 2. The van der Waals surface area contributed by atoms with E-state index in [2.05, 4.69) is 33.0 Å². The van der Waals surface area contributed by atoms with Crippen LogP contribution in [0.5, 0.6) is 5.75 Å². The largest absolute Gasteiger partial charge is 0.495 e. The maximum absolute atomic E-state index is 12.7. The molecule has 0 radical (unpaired) electrons. The van der Waals surface area contributed by atoms with Gasteiger partial charge in [-0.2, -0.15) is 0 Å². The van der Waals surface area contributed by atoms with Crippen molar-refractivity contribution in [2.75, 3.05) is 41.0 Å². The summed E-state index contributed by atoms with van der Waals surface area (Å²) in [6.45, 7) is 5.44. The molecule has 0 spiro atoms. The molecular weight excluding hydrogens is 380 g/mol. The van der Waals surface area contributed by atoms with Crippen molar-refractivity contribution in [1.29, 1.82) is 0 Å². The maximum Gasteiger partial charge on any atom is 0.246 e. The molecule has 3 N–H and O–H groups in total. The number of hydrogen-bond donors (Lipinski definition) is 3. The highest BCUT2D eigenvalue weighted by Gasteiger charge is 2.16. The number of nitrogens with one attached hydrogen (secondary N) is 3. The average molecular weight is 411 g/mol. The van der Waals surface area contributed by atoms with Crippen LogP contribution in [0.25, 0.3) is 0 Å². The number of methoxy groups -OCH3 is 1. The number of nitrogens with zero attached hydrogens (tertiary/aromatic N) is 1. The molecule has 1 saturated heterocycles. The molecule has 7 nitrogen and oxygen atoms in total. The molecule has 1 aliphatic rings. The molecule has 1 heterocycles. The number of ether oxygens (including phenoxy) is 1. The van der Waals surface area contributed by atoms with E-state index in [0.717, 1.165) is 18.8 Å². The van der Waals surface area contributed by atoms with Crippen LogP contribution in [0.2, 0.25) is 0 Å². The van der Waals surface area contributed by atoms with Gasteiger partial charge in [-0.1, -0.05) is 0 Å². The predicted octanol–water partition coefficient (Wildman–Crippen LogP) is 4.08. The van der Waals surface area contributed by atoms with E-state index < -0.39 is 6.04 Å². The van der Waals surface area contributed by atoms with Crippen molar-refractivity contribution >= 4 is 34.6 Å². The molecule has 1 aliphatic heterocycles. The van der Waals surface area contributed by atoms with Gasteiger partial charge in [0.15, 0.2) is 0 Å². The number of carbonyl (C=O) groups excluding carboxylic acids is 2. The fourth-order valence-corrected chi connectivity index (χ4v) is 3.56. The molecule has 7 heteroatoms. The number of hydrogen-bond acceptors (Lipinski definition) is 5. The molecule has 0 aromatic heterocycles. The van der Waals surface area contributed by atoms with Gasteiger partial charge in [-0.25, -0.2) is 0 Å². The monoisotopic (exact) mass is 410 g/mol. The SMILES string of the molecule is COc1ccc(NC(C)=O)cc1NC(=O)C(C)Nc1ccc(N2CCCCC2)cc1. The molecule has 30 heavy (non-hydrogen) atoms. The summed E-state index contributed by atoms with van der Waals surface area (Å²) >= 11 is 0. The van der Waals surface area contributed by atoms with Gasteiger partial charge in [0, 0.05) is 37.1 Å². The highest BCUT2D eigenvalue weighted by molar-refractivity contribution is 5.98. The van der Waals surface area contributed by atoms with Crippen LogP contribution in [0.1, 0.15) is 33.1 Å². The minimum atomic E-state index is -0.458. The van der Waals surface area contributed by atoms with E-state index in [-0.39, 0.29) is 11.8 Å². The van der Waals surface area contributed by atoms with E-state index in [1.807, 2.05) is 12.1 Å². The molecule has 2 aromatic rings. The molecule has 0 aliphatic carbocycles. The Morgan fingerprint density at radius 2 is 1.63 bits per heavy atom. The van der Waals surface area contributed by atoms with Crippen LogP contribution >= 0.6 is 0 Å². The van der Waals surface area contributed by atoms with E-state index in [0.29, 0.717) is 17.1 Å². The number of carbonyl (C=O) groups is 2. The van der Waals surface area contributed by atoms with Crippen LogP contribution in [0.15, 0.2) is 42.5 Å². The van der Waals surface area contributed by atoms with Crippen LogP contribution in [0, 0.1) is 0 Å². The van der Waals surface area contributed by atoms with E-state index in [9.17, 15) is 9.59 Å². The smallest absolute Gasteiger partial charge is 0.246 e. The van der Waals surface area contributed by atoms with E-state index in [4.69, 9.17) is 4.74 Å². The zero-order valence-electron chi connectivity index (χ0n) is 17.8. The summed E-state index contributed by atoms with van der Waals surface area (Å²) in [6.07, 6.45) is 3.79. The quantitative estimate of drug-likeness (QED) is 0.641. The van der Waals surface area contributed by atoms with Gasteiger partial charge >= 0.3 is 0 Å². The Morgan fingerprint density at radius 1 is 0.967 bits per heavy atom. The van der Waals surface area contributed by atoms with Gasteiger partial charge in [0.1, 0.15) is 11.8 Å². The van der Waals surface area contributed by atoms with Crippen molar-refractivity contribution in [3.05, 3.63) is 42.5 Å². The third-order valence-corrected chi connectivity index (χ3v) is 5.14. The van der Waals surface area contributed by atoms with Crippen LogP contribution < -0.4 is 25.6 Å². The van der Waals surface area contributed by atoms with E-state index in [1.54, 1.807) is 25.1 Å². The van der Waals surface area contributed by atoms with Gasteiger partial charge in [-0.15, -0.1) is 0 Å². The zero-order chi connectivity index (χ0) is 21.5. The fraction of sp³-hybridized carbons (Fsp3) is 0.391. The third kappa shape index (κ3) is 5.65.